The average Bonchev–Trinajstić information content (AvgIpc) is 3.38. The maximum atomic E-state index is 12.2. The monoisotopic (exact) mass is 410 g/mol. The van der Waals surface area contributed by atoms with Crippen molar-refractivity contribution in [2.24, 2.45) is 0 Å². The zero-order valence-corrected chi connectivity index (χ0v) is 17.0. The molecule has 0 atom stereocenters. The third-order valence-electron chi connectivity index (χ3n) is 6.12. The van der Waals surface area contributed by atoms with Crippen LogP contribution in [0.3, 0.4) is 0 Å². The molecule has 0 aliphatic carbocycles. The lowest BCUT2D eigenvalue weighted by molar-refractivity contribution is 0.0967. The molecule has 6 heteroatoms. The Hall–Kier alpha value is -3.64. The predicted octanol–water partition coefficient (Wildman–Crippen LogP) is 3.97. The van der Waals surface area contributed by atoms with Gasteiger partial charge in [-0.3, -0.25) is 9.78 Å². The van der Waals surface area contributed by atoms with E-state index in [-0.39, 0.29) is 5.91 Å². The third kappa shape index (κ3) is 3.16. The molecule has 2 aromatic heterocycles. The fraction of sp³-hybridized carbons (Fsp3) is 0.200. The number of fused-ring (bicyclic) bond motifs is 5. The topological polar surface area (TPSA) is 70.2 Å². The summed E-state index contributed by atoms with van der Waals surface area (Å²) in [5.74, 6) is -0.00470. The SMILES string of the molecule is O=C1NCc2[nH]c3c(ccc4cnc(/C=C/c5cccc(N6CCOCC6)c5)cc43)c21. The van der Waals surface area contributed by atoms with Crippen molar-refractivity contribution >= 4 is 45.4 Å². The molecule has 6 nitrogen and oxygen atoms in total. The zero-order chi connectivity index (χ0) is 20.8. The van der Waals surface area contributed by atoms with Gasteiger partial charge in [-0.2, -0.15) is 0 Å². The van der Waals surface area contributed by atoms with E-state index in [0.717, 1.165) is 70.5 Å². The largest absolute Gasteiger partial charge is 0.378 e. The van der Waals surface area contributed by atoms with E-state index < -0.39 is 0 Å². The van der Waals surface area contributed by atoms with Gasteiger partial charge in [0.1, 0.15) is 0 Å². The van der Waals surface area contributed by atoms with Gasteiger partial charge in [-0.05, 0) is 29.8 Å². The Bertz CT molecular complexity index is 1350. The number of nitrogens with zero attached hydrogens (tertiary/aromatic N) is 2. The van der Waals surface area contributed by atoms with E-state index in [4.69, 9.17) is 4.74 Å². The number of carbonyl (C=O) groups excluding carboxylic acids is 1. The van der Waals surface area contributed by atoms with Gasteiger partial charge in [0.15, 0.2) is 0 Å². The number of rotatable bonds is 3. The lowest BCUT2D eigenvalue weighted by atomic mass is 10.1. The summed E-state index contributed by atoms with van der Waals surface area (Å²) in [6.45, 7) is 3.96. The van der Waals surface area contributed by atoms with Gasteiger partial charge in [-0.1, -0.05) is 30.3 Å². The number of ether oxygens (including phenoxy) is 1. The number of hydrogen-bond acceptors (Lipinski definition) is 4. The summed E-state index contributed by atoms with van der Waals surface area (Å²) in [7, 11) is 0. The Balaban J connectivity index is 1.35. The lowest BCUT2D eigenvalue weighted by Crippen LogP contribution is -2.36. The Morgan fingerprint density at radius 3 is 2.84 bits per heavy atom. The number of pyridine rings is 1. The second-order valence-corrected chi connectivity index (χ2v) is 8.01. The number of nitrogens with one attached hydrogen (secondary N) is 2. The van der Waals surface area contributed by atoms with E-state index in [0.29, 0.717) is 6.54 Å². The summed E-state index contributed by atoms with van der Waals surface area (Å²) < 4.78 is 5.46. The molecule has 0 spiro atoms. The van der Waals surface area contributed by atoms with Crippen LogP contribution in [0.2, 0.25) is 0 Å². The fourth-order valence-corrected chi connectivity index (χ4v) is 4.52. The average molecular weight is 410 g/mol. The van der Waals surface area contributed by atoms with E-state index in [1.54, 1.807) is 0 Å². The highest BCUT2D eigenvalue weighted by Gasteiger charge is 2.24. The highest BCUT2D eigenvalue weighted by atomic mass is 16.5. The number of aromatic amines is 1. The molecule has 0 unspecified atom stereocenters. The molecule has 6 rings (SSSR count). The molecule has 2 aromatic carbocycles. The van der Waals surface area contributed by atoms with Crippen molar-refractivity contribution in [3.63, 3.8) is 0 Å². The third-order valence-corrected chi connectivity index (χ3v) is 6.12. The van der Waals surface area contributed by atoms with Crippen molar-refractivity contribution in [3.8, 4) is 0 Å². The van der Waals surface area contributed by atoms with Crippen LogP contribution in [0.1, 0.15) is 27.3 Å². The molecule has 2 N–H and O–H groups in total. The number of H-pyrrole nitrogens is 1. The molecule has 1 fully saturated rings. The number of anilines is 1. The molecular weight excluding hydrogens is 388 g/mol. The van der Waals surface area contributed by atoms with Crippen molar-refractivity contribution in [1.82, 2.24) is 15.3 Å². The van der Waals surface area contributed by atoms with Gasteiger partial charge in [0.05, 0.1) is 36.5 Å². The van der Waals surface area contributed by atoms with Crippen LogP contribution in [0.4, 0.5) is 5.69 Å². The van der Waals surface area contributed by atoms with Crippen LogP contribution in [-0.2, 0) is 11.3 Å². The fourth-order valence-electron chi connectivity index (χ4n) is 4.52. The highest BCUT2D eigenvalue weighted by Crippen LogP contribution is 2.32. The van der Waals surface area contributed by atoms with Gasteiger partial charge in [0.2, 0.25) is 0 Å². The number of amides is 1. The van der Waals surface area contributed by atoms with E-state index in [1.165, 1.54) is 5.69 Å². The molecule has 2 aliphatic heterocycles. The molecule has 31 heavy (non-hydrogen) atoms. The summed E-state index contributed by atoms with van der Waals surface area (Å²) in [5.41, 5.74) is 5.98. The minimum Gasteiger partial charge on any atom is -0.378 e. The number of carbonyl (C=O) groups is 1. The standard InChI is InChI=1S/C25H22N4O2/c30-25-23-20-7-5-17-14-26-18(13-21(17)24(20)28-22(23)15-27-25)6-4-16-2-1-3-19(12-16)29-8-10-31-11-9-29/h1-7,12-14,28H,8-11,15H2,(H,27,30)/b6-4+. The minimum absolute atomic E-state index is 0.00470. The normalized spacial score (nSPS) is 16.4. The van der Waals surface area contributed by atoms with E-state index >= 15 is 0 Å². The van der Waals surface area contributed by atoms with Gasteiger partial charge >= 0.3 is 0 Å². The van der Waals surface area contributed by atoms with Crippen molar-refractivity contribution in [2.75, 3.05) is 31.2 Å². The molecule has 1 amide bonds. The van der Waals surface area contributed by atoms with Gasteiger partial charge < -0.3 is 19.9 Å². The Kier molecular flexibility index (Phi) is 4.25. The van der Waals surface area contributed by atoms with E-state index in [2.05, 4.69) is 56.6 Å². The molecule has 4 aromatic rings. The molecule has 154 valence electrons. The van der Waals surface area contributed by atoms with Crippen LogP contribution in [-0.4, -0.2) is 42.2 Å². The molecule has 0 bridgehead atoms. The quantitative estimate of drug-likeness (QED) is 0.536. The molecule has 0 saturated carbocycles. The zero-order valence-electron chi connectivity index (χ0n) is 17.0. The van der Waals surface area contributed by atoms with Crippen molar-refractivity contribution in [3.05, 3.63) is 71.2 Å². The van der Waals surface area contributed by atoms with Gasteiger partial charge in [-0.25, -0.2) is 0 Å². The van der Waals surface area contributed by atoms with Crippen LogP contribution in [0.15, 0.2) is 48.7 Å². The van der Waals surface area contributed by atoms with Crippen molar-refractivity contribution in [1.29, 1.82) is 0 Å². The molecule has 4 heterocycles. The van der Waals surface area contributed by atoms with Crippen LogP contribution in [0, 0.1) is 0 Å². The first kappa shape index (κ1) is 18.2. The Morgan fingerprint density at radius 2 is 1.94 bits per heavy atom. The maximum absolute atomic E-state index is 12.2. The van der Waals surface area contributed by atoms with Crippen LogP contribution in [0.5, 0.6) is 0 Å². The molecular formula is C25H22N4O2. The number of hydrogen-bond donors (Lipinski definition) is 2. The van der Waals surface area contributed by atoms with Gasteiger partial charge in [-0.15, -0.1) is 0 Å². The molecule has 0 radical (unpaired) electrons. The van der Waals surface area contributed by atoms with E-state index in [1.807, 2.05) is 24.4 Å². The Labute approximate surface area is 179 Å². The lowest BCUT2D eigenvalue weighted by Gasteiger charge is -2.29. The first-order chi connectivity index (χ1) is 15.3. The van der Waals surface area contributed by atoms with Crippen LogP contribution in [0.25, 0.3) is 33.8 Å². The number of morpholine rings is 1. The number of aromatic nitrogens is 2. The maximum Gasteiger partial charge on any atom is 0.254 e. The smallest absolute Gasteiger partial charge is 0.254 e. The summed E-state index contributed by atoms with van der Waals surface area (Å²) >= 11 is 0. The molecule has 2 aliphatic rings. The summed E-state index contributed by atoms with van der Waals surface area (Å²) in [6, 6.07) is 14.7. The second-order valence-electron chi connectivity index (χ2n) is 8.01. The van der Waals surface area contributed by atoms with Crippen molar-refractivity contribution in [2.45, 2.75) is 6.54 Å². The Morgan fingerprint density at radius 1 is 1.03 bits per heavy atom. The molecule has 1 saturated heterocycles. The summed E-state index contributed by atoms with van der Waals surface area (Å²) in [6.07, 6.45) is 6.03. The van der Waals surface area contributed by atoms with Crippen LogP contribution < -0.4 is 10.2 Å². The van der Waals surface area contributed by atoms with Crippen LogP contribution >= 0.6 is 0 Å². The van der Waals surface area contributed by atoms with Gasteiger partial charge in [0, 0.05) is 46.8 Å². The van der Waals surface area contributed by atoms with Gasteiger partial charge in [0.25, 0.3) is 5.91 Å². The van der Waals surface area contributed by atoms with E-state index in [9.17, 15) is 4.79 Å². The highest BCUT2D eigenvalue weighted by molar-refractivity contribution is 6.16. The van der Waals surface area contributed by atoms with Crippen molar-refractivity contribution < 1.29 is 9.53 Å². The minimum atomic E-state index is -0.00470. The second kappa shape index (κ2) is 7.25. The predicted molar refractivity (Wildman–Crippen MR) is 123 cm³/mol. The first-order valence-corrected chi connectivity index (χ1v) is 10.6. The summed E-state index contributed by atoms with van der Waals surface area (Å²) in [5, 5.41) is 5.98. The summed E-state index contributed by atoms with van der Waals surface area (Å²) in [4.78, 5) is 22.6. The first-order valence-electron chi connectivity index (χ1n) is 10.6. The number of benzene rings is 2.